The van der Waals surface area contributed by atoms with Crippen molar-refractivity contribution in [3.63, 3.8) is 0 Å². The Hall–Kier alpha value is -2.12. The first kappa shape index (κ1) is 31.1. The maximum atomic E-state index is 13.0. The van der Waals surface area contributed by atoms with Crippen molar-refractivity contribution in [2.45, 2.75) is 25.1 Å². The Labute approximate surface area is 245 Å². The van der Waals surface area contributed by atoms with Gasteiger partial charge in [0.05, 0.1) is 0 Å². The minimum Gasteiger partial charge on any atom is -0.731 e. The third kappa shape index (κ3) is 7.26. The van der Waals surface area contributed by atoms with Crippen LogP contribution in [0.15, 0.2) is 28.0 Å². The van der Waals surface area contributed by atoms with Crippen LogP contribution < -0.4 is 40.2 Å². The van der Waals surface area contributed by atoms with E-state index in [1.54, 1.807) is 11.4 Å². The normalized spacial score (nSPS) is 18.2. The summed E-state index contributed by atoms with van der Waals surface area (Å²) >= 11 is 7.48. The number of halogens is 1. The summed E-state index contributed by atoms with van der Waals surface area (Å²) in [7, 11) is -4.17. The Bertz CT molecular complexity index is 1300. The Balaban J connectivity index is 0.00000481. The van der Waals surface area contributed by atoms with Gasteiger partial charge in [-0.1, -0.05) is 11.2 Å². The molecular weight excluding hydrogens is 585 g/mol. The van der Waals surface area contributed by atoms with Gasteiger partial charge in [-0.25, -0.2) is 17.7 Å². The topological polar surface area (TPSA) is 196 Å². The van der Waals surface area contributed by atoms with Crippen LogP contribution in [0.2, 0.25) is 0 Å². The summed E-state index contributed by atoms with van der Waals surface area (Å²) in [6.07, 6.45) is -1.37. The molecule has 2 aromatic rings. The second-order valence-electron chi connectivity index (χ2n) is 6.92. The van der Waals surface area contributed by atoms with Crippen LogP contribution in [-0.2, 0) is 39.1 Å². The Kier molecular flexibility index (Phi) is 11.0. The first-order valence-corrected chi connectivity index (χ1v) is 13.4. The van der Waals surface area contributed by atoms with Gasteiger partial charge in [0.2, 0.25) is 5.91 Å². The molecule has 1 fully saturated rings. The molecule has 3 atom stereocenters. The number of ether oxygens (including phenoxy) is 1. The Morgan fingerprint density at radius 1 is 1.35 bits per heavy atom. The largest absolute Gasteiger partial charge is 1.00 e. The van der Waals surface area contributed by atoms with E-state index in [4.69, 9.17) is 16.3 Å². The number of nitrogens with zero attached hydrogens (tertiary/aromatic N) is 3. The number of anilines is 1. The van der Waals surface area contributed by atoms with Crippen molar-refractivity contribution in [2.24, 2.45) is 5.16 Å². The second-order valence-corrected chi connectivity index (χ2v) is 10.3. The molecule has 0 bridgehead atoms. The average molecular weight is 602 g/mol. The van der Waals surface area contributed by atoms with Crippen molar-refractivity contribution in [1.82, 2.24) is 14.6 Å². The number of thiophene rings is 1. The molecule has 19 heteroatoms. The molecule has 3 heterocycles. The molecule has 3 unspecified atom stereocenters. The molecule has 194 valence electrons. The molecule has 0 radical (unpaired) electrons. The maximum absolute atomic E-state index is 13.0. The number of hydrogen-bond acceptors (Lipinski definition) is 13. The van der Waals surface area contributed by atoms with E-state index in [1.165, 1.54) is 11.4 Å². The first-order valence-electron chi connectivity index (χ1n) is 9.71. The van der Waals surface area contributed by atoms with E-state index < -0.39 is 57.9 Å². The number of carbonyl (C=O) groups is 4. The number of alkyl halides is 1. The third-order valence-electron chi connectivity index (χ3n) is 4.56. The van der Waals surface area contributed by atoms with Crippen LogP contribution in [0.3, 0.4) is 0 Å². The minimum atomic E-state index is -5.32. The van der Waals surface area contributed by atoms with Crippen molar-refractivity contribution in [3.05, 3.63) is 33.5 Å². The average Bonchev–Trinajstić information content (AvgIpc) is 3.49. The van der Waals surface area contributed by atoms with Gasteiger partial charge in [-0.05, 0) is 11.4 Å². The zero-order valence-corrected chi connectivity index (χ0v) is 24.6. The Morgan fingerprint density at radius 3 is 2.59 bits per heavy atom. The fraction of sp³-hybridized carbons (Fsp3) is 0.333. The SMILES string of the molecule is CON=C(C(=O)NC1C(=O)N(S(=O)(=O)[O-])C1C(OC(C)=O)c1cccs1)c1csc(NC(=O)CCl)n1.[Na+]. The number of rotatable bonds is 10. The van der Waals surface area contributed by atoms with Crippen LogP contribution in [-0.4, -0.2) is 76.7 Å². The Morgan fingerprint density at radius 2 is 2.05 bits per heavy atom. The number of thiazole rings is 1. The van der Waals surface area contributed by atoms with Gasteiger partial charge in [0.1, 0.15) is 30.8 Å². The van der Waals surface area contributed by atoms with E-state index >= 15 is 0 Å². The molecule has 1 aliphatic rings. The van der Waals surface area contributed by atoms with Gasteiger partial charge in [0, 0.05) is 17.2 Å². The fourth-order valence-corrected chi connectivity index (χ4v) is 5.65. The monoisotopic (exact) mass is 601 g/mol. The molecule has 2 aromatic heterocycles. The zero-order chi connectivity index (χ0) is 26.6. The van der Waals surface area contributed by atoms with Crippen LogP contribution >= 0.6 is 34.3 Å². The molecule has 1 saturated heterocycles. The molecule has 3 rings (SSSR count). The predicted molar refractivity (Wildman–Crippen MR) is 126 cm³/mol. The minimum absolute atomic E-state index is 0. The summed E-state index contributed by atoms with van der Waals surface area (Å²) in [5.41, 5.74) is -0.467. The molecule has 0 aliphatic carbocycles. The molecule has 14 nitrogen and oxygen atoms in total. The summed E-state index contributed by atoms with van der Waals surface area (Å²) in [6.45, 7) is 1.07. The van der Waals surface area contributed by atoms with E-state index in [-0.39, 0.29) is 50.6 Å². The quantitative estimate of drug-likeness (QED) is 0.0545. The van der Waals surface area contributed by atoms with Gasteiger partial charge < -0.3 is 24.8 Å². The van der Waals surface area contributed by atoms with Crippen molar-refractivity contribution >= 4 is 79.1 Å². The molecule has 37 heavy (non-hydrogen) atoms. The zero-order valence-electron chi connectivity index (χ0n) is 19.4. The number of aromatic nitrogens is 1. The maximum Gasteiger partial charge on any atom is 1.00 e. The second kappa shape index (κ2) is 13.1. The van der Waals surface area contributed by atoms with Gasteiger partial charge in [0.15, 0.2) is 27.3 Å². The molecule has 0 spiro atoms. The van der Waals surface area contributed by atoms with E-state index in [0.717, 1.165) is 36.7 Å². The van der Waals surface area contributed by atoms with Crippen LogP contribution in [0.5, 0.6) is 0 Å². The number of β-lactam (4-membered cyclic amide) rings is 1. The van der Waals surface area contributed by atoms with Crippen molar-refractivity contribution in [1.29, 1.82) is 0 Å². The smallest absolute Gasteiger partial charge is 0.731 e. The summed E-state index contributed by atoms with van der Waals surface area (Å²) in [4.78, 5) is 57.9. The number of esters is 1. The van der Waals surface area contributed by atoms with Gasteiger partial charge in [-0.2, -0.15) is 0 Å². The van der Waals surface area contributed by atoms with Gasteiger partial charge >= 0.3 is 35.5 Å². The molecule has 3 amide bonds. The molecule has 0 saturated carbocycles. The molecule has 2 N–H and O–H groups in total. The summed E-state index contributed by atoms with van der Waals surface area (Å²) < 4.78 is 40.7. The standard InChI is InChI=1S/C18H18ClN5O9S3.Na/c1-8(25)33-15(10-4-3-5-34-10)14-13(17(28)24(14)36(29,30)31)22-16(27)12(23-32-2)9-7-35-18(20-9)21-11(26)6-19;/h3-5,7,13-15H,6H2,1-2H3,(H,22,27)(H,20,21,26)(H,29,30,31);/q;+1/p-1. The van der Waals surface area contributed by atoms with Crippen molar-refractivity contribution in [3.8, 4) is 0 Å². The van der Waals surface area contributed by atoms with Gasteiger partial charge in [-0.3, -0.25) is 19.2 Å². The number of hydrogen-bond donors (Lipinski definition) is 2. The molecule has 0 aromatic carbocycles. The van der Waals surface area contributed by atoms with Crippen LogP contribution in [0.1, 0.15) is 23.6 Å². The van der Waals surface area contributed by atoms with Crippen molar-refractivity contribution < 1.29 is 71.3 Å². The third-order valence-corrected chi connectivity index (χ3v) is 7.40. The van der Waals surface area contributed by atoms with E-state index in [9.17, 15) is 32.1 Å². The van der Waals surface area contributed by atoms with Gasteiger partial charge in [-0.15, -0.1) is 34.3 Å². The fourth-order valence-electron chi connectivity index (χ4n) is 3.21. The van der Waals surface area contributed by atoms with Crippen molar-refractivity contribution in [2.75, 3.05) is 18.3 Å². The number of nitrogens with one attached hydrogen (secondary N) is 2. The van der Waals surface area contributed by atoms with Crippen LogP contribution in [0.4, 0.5) is 5.13 Å². The number of amides is 3. The van der Waals surface area contributed by atoms with E-state index in [1.807, 2.05) is 0 Å². The first-order chi connectivity index (χ1) is 17.0. The summed E-state index contributed by atoms with van der Waals surface area (Å²) in [5, 5.41) is 11.4. The van der Waals surface area contributed by atoms with E-state index in [2.05, 4.69) is 25.6 Å². The number of oxime groups is 1. The van der Waals surface area contributed by atoms with Crippen LogP contribution in [0, 0.1) is 0 Å². The van der Waals surface area contributed by atoms with E-state index in [0.29, 0.717) is 4.88 Å². The van der Waals surface area contributed by atoms with Crippen LogP contribution in [0.25, 0.3) is 0 Å². The molecular formula is C18H17ClN5NaO9S3. The summed E-state index contributed by atoms with van der Waals surface area (Å²) in [5.74, 6) is -3.93. The summed E-state index contributed by atoms with van der Waals surface area (Å²) in [6, 6.07) is -0.0420. The molecule has 1 aliphatic heterocycles. The number of carbonyl (C=O) groups excluding carboxylic acids is 4. The predicted octanol–water partition coefficient (Wildman–Crippen LogP) is -2.80. The van der Waals surface area contributed by atoms with Gasteiger partial charge in [0.25, 0.3) is 11.8 Å².